The zero-order valence-electron chi connectivity index (χ0n) is 13.3. The number of hydrogen-bond acceptors (Lipinski definition) is 4. The summed E-state index contributed by atoms with van der Waals surface area (Å²) in [5.74, 6) is 0.772. The summed E-state index contributed by atoms with van der Waals surface area (Å²) in [6.45, 7) is 1.45. The molecule has 0 heterocycles. The van der Waals surface area contributed by atoms with E-state index >= 15 is 0 Å². The molecule has 0 aromatic heterocycles. The molecule has 1 aliphatic rings. The van der Waals surface area contributed by atoms with E-state index in [1.165, 1.54) is 32.1 Å². The number of nitrogens with one attached hydrogen (secondary N) is 2. The summed E-state index contributed by atoms with van der Waals surface area (Å²) in [6.07, 6.45) is 6.22. The second kappa shape index (κ2) is 9.43. The number of rotatable bonds is 8. The molecule has 1 aromatic carbocycles. The molecular formula is C17H26N2O3. The summed E-state index contributed by atoms with van der Waals surface area (Å²) in [5, 5.41) is 6.23. The highest BCUT2D eigenvalue weighted by Crippen LogP contribution is 2.17. The fourth-order valence-corrected chi connectivity index (χ4v) is 2.63. The van der Waals surface area contributed by atoms with E-state index in [4.69, 9.17) is 9.47 Å². The predicted octanol–water partition coefficient (Wildman–Crippen LogP) is 2.57. The summed E-state index contributed by atoms with van der Waals surface area (Å²) in [6, 6.07) is 7.89. The van der Waals surface area contributed by atoms with Crippen LogP contribution in [0.2, 0.25) is 0 Å². The zero-order valence-corrected chi connectivity index (χ0v) is 13.3. The fourth-order valence-electron chi connectivity index (χ4n) is 2.63. The second-order valence-electron chi connectivity index (χ2n) is 5.63. The van der Waals surface area contributed by atoms with E-state index in [1.54, 1.807) is 7.11 Å². The normalized spacial score (nSPS) is 15.5. The van der Waals surface area contributed by atoms with E-state index in [0.717, 1.165) is 11.4 Å². The van der Waals surface area contributed by atoms with Gasteiger partial charge < -0.3 is 20.1 Å². The van der Waals surface area contributed by atoms with E-state index in [0.29, 0.717) is 25.8 Å². The molecule has 0 aliphatic heterocycles. The molecule has 1 aliphatic carbocycles. The van der Waals surface area contributed by atoms with Gasteiger partial charge in [0.25, 0.3) is 0 Å². The van der Waals surface area contributed by atoms with Crippen molar-refractivity contribution >= 4 is 11.6 Å². The number of ether oxygens (including phenoxy) is 2. The molecule has 1 saturated carbocycles. The molecule has 5 nitrogen and oxygen atoms in total. The summed E-state index contributed by atoms with van der Waals surface area (Å²) in [7, 11) is 1.64. The Morgan fingerprint density at radius 1 is 1.14 bits per heavy atom. The van der Waals surface area contributed by atoms with Crippen molar-refractivity contribution in [3.8, 4) is 5.75 Å². The summed E-state index contributed by atoms with van der Waals surface area (Å²) < 4.78 is 10.4. The molecule has 1 amide bonds. The van der Waals surface area contributed by atoms with Crippen LogP contribution < -0.4 is 15.4 Å². The third kappa shape index (κ3) is 6.03. The van der Waals surface area contributed by atoms with Gasteiger partial charge in [-0.25, -0.2) is 0 Å². The minimum atomic E-state index is -0.00127. The van der Waals surface area contributed by atoms with Gasteiger partial charge in [-0.05, 0) is 37.1 Å². The van der Waals surface area contributed by atoms with E-state index < -0.39 is 0 Å². The third-order valence-corrected chi connectivity index (χ3v) is 3.85. The summed E-state index contributed by atoms with van der Waals surface area (Å²) in [5.41, 5.74) is 0.787. The average Bonchev–Trinajstić information content (AvgIpc) is 2.56. The molecule has 0 spiro atoms. The molecule has 0 saturated heterocycles. The van der Waals surface area contributed by atoms with Crippen molar-refractivity contribution in [2.24, 2.45) is 0 Å². The number of anilines is 1. The van der Waals surface area contributed by atoms with Crippen molar-refractivity contribution in [3.63, 3.8) is 0 Å². The van der Waals surface area contributed by atoms with Gasteiger partial charge in [0.2, 0.25) is 5.91 Å². The topological polar surface area (TPSA) is 59.6 Å². The van der Waals surface area contributed by atoms with E-state index in [2.05, 4.69) is 10.6 Å². The Labute approximate surface area is 132 Å². The number of carbonyl (C=O) groups is 1. The molecule has 22 heavy (non-hydrogen) atoms. The molecule has 0 bridgehead atoms. The number of hydrogen-bond donors (Lipinski definition) is 2. The fraction of sp³-hybridized carbons (Fsp3) is 0.588. The van der Waals surface area contributed by atoms with Crippen molar-refractivity contribution in [2.75, 3.05) is 32.2 Å². The minimum Gasteiger partial charge on any atom is -0.491 e. The minimum absolute atomic E-state index is 0.00127. The molecule has 0 atom stereocenters. The number of methoxy groups -OCH3 is 1. The van der Waals surface area contributed by atoms with Crippen LogP contribution in [-0.2, 0) is 9.53 Å². The van der Waals surface area contributed by atoms with Gasteiger partial charge in [-0.3, -0.25) is 4.79 Å². The highest BCUT2D eigenvalue weighted by Gasteiger charge is 2.13. The first-order valence-corrected chi connectivity index (χ1v) is 8.03. The lowest BCUT2D eigenvalue weighted by Gasteiger charge is -2.22. The van der Waals surface area contributed by atoms with Gasteiger partial charge in [-0.15, -0.1) is 0 Å². The Kier molecular flexibility index (Phi) is 7.19. The van der Waals surface area contributed by atoms with Crippen LogP contribution in [0.15, 0.2) is 24.3 Å². The maximum atomic E-state index is 11.9. The Hall–Kier alpha value is -1.59. The van der Waals surface area contributed by atoms with Crippen LogP contribution in [0.5, 0.6) is 5.75 Å². The van der Waals surface area contributed by atoms with Crippen LogP contribution in [0.4, 0.5) is 5.69 Å². The number of amides is 1. The first-order valence-electron chi connectivity index (χ1n) is 8.03. The van der Waals surface area contributed by atoms with Gasteiger partial charge in [0.05, 0.1) is 13.2 Å². The molecule has 0 radical (unpaired) electrons. The van der Waals surface area contributed by atoms with Gasteiger partial charge in [0.1, 0.15) is 12.4 Å². The van der Waals surface area contributed by atoms with Gasteiger partial charge in [0.15, 0.2) is 0 Å². The van der Waals surface area contributed by atoms with Crippen LogP contribution in [0.3, 0.4) is 0 Å². The Bertz CT molecular complexity index is 442. The Morgan fingerprint density at radius 2 is 1.86 bits per heavy atom. The van der Waals surface area contributed by atoms with Crippen LogP contribution in [0, 0.1) is 0 Å². The molecule has 2 N–H and O–H groups in total. The molecule has 1 aromatic rings. The molecule has 0 unspecified atom stereocenters. The maximum absolute atomic E-state index is 11.9. The number of benzene rings is 1. The van der Waals surface area contributed by atoms with Crippen LogP contribution in [0.25, 0.3) is 0 Å². The van der Waals surface area contributed by atoms with E-state index in [-0.39, 0.29) is 5.91 Å². The largest absolute Gasteiger partial charge is 0.491 e. The standard InChI is InChI=1S/C17H26N2O3/c1-21-11-12-22-16-9-7-15(8-10-16)19-17(20)13-18-14-5-3-2-4-6-14/h7-10,14,18H,2-6,11-13H2,1H3,(H,19,20). The van der Waals surface area contributed by atoms with Gasteiger partial charge >= 0.3 is 0 Å². The van der Waals surface area contributed by atoms with Crippen LogP contribution in [0.1, 0.15) is 32.1 Å². The van der Waals surface area contributed by atoms with Crippen molar-refractivity contribution in [2.45, 2.75) is 38.1 Å². The van der Waals surface area contributed by atoms with Crippen molar-refractivity contribution < 1.29 is 14.3 Å². The maximum Gasteiger partial charge on any atom is 0.238 e. The highest BCUT2D eigenvalue weighted by atomic mass is 16.5. The lowest BCUT2D eigenvalue weighted by Crippen LogP contribution is -2.37. The highest BCUT2D eigenvalue weighted by molar-refractivity contribution is 5.92. The quantitative estimate of drug-likeness (QED) is 0.725. The zero-order chi connectivity index (χ0) is 15.6. The van der Waals surface area contributed by atoms with Crippen LogP contribution >= 0.6 is 0 Å². The molecule has 5 heteroatoms. The third-order valence-electron chi connectivity index (χ3n) is 3.85. The SMILES string of the molecule is COCCOc1ccc(NC(=O)CNC2CCCCC2)cc1. The van der Waals surface area contributed by atoms with Crippen molar-refractivity contribution in [3.05, 3.63) is 24.3 Å². The summed E-state index contributed by atoms with van der Waals surface area (Å²) in [4.78, 5) is 11.9. The van der Waals surface area contributed by atoms with Gasteiger partial charge in [-0.1, -0.05) is 19.3 Å². The van der Waals surface area contributed by atoms with Crippen LogP contribution in [-0.4, -0.2) is 38.8 Å². The lowest BCUT2D eigenvalue weighted by atomic mass is 9.95. The average molecular weight is 306 g/mol. The summed E-state index contributed by atoms with van der Waals surface area (Å²) >= 11 is 0. The molecule has 1 fully saturated rings. The first-order chi connectivity index (χ1) is 10.8. The Morgan fingerprint density at radius 3 is 2.55 bits per heavy atom. The van der Waals surface area contributed by atoms with Gasteiger partial charge in [-0.2, -0.15) is 0 Å². The van der Waals surface area contributed by atoms with E-state index in [1.807, 2.05) is 24.3 Å². The predicted molar refractivity (Wildman–Crippen MR) is 87.3 cm³/mol. The van der Waals surface area contributed by atoms with Crippen molar-refractivity contribution in [1.82, 2.24) is 5.32 Å². The molecule has 2 rings (SSSR count). The Balaban J connectivity index is 1.69. The molecule has 122 valence electrons. The molecular weight excluding hydrogens is 280 g/mol. The van der Waals surface area contributed by atoms with Crippen molar-refractivity contribution in [1.29, 1.82) is 0 Å². The van der Waals surface area contributed by atoms with Gasteiger partial charge in [0, 0.05) is 18.8 Å². The second-order valence-corrected chi connectivity index (χ2v) is 5.63. The first kappa shape index (κ1) is 16.8. The van der Waals surface area contributed by atoms with E-state index in [9.17, 15) is 4.79 Å². The lowest BCUT2D eigenvalue weighted by molar-refractivity contribution is -0.115. The smallest absolute Gasteiger partial charge is 0.238 e. The number of carbonyl (C=O) groups excluding carboxylic acids is 1. The monoisotopic (exact) mass is 306 g/mol.